The predicted molar refractivity (Wildman–Crippen MR) is 84.3 cm³/mol. The van der Waals surface area contributed by atoms with Crippen LogP contribution in [0.2, 0.25) is 0 Å². The van der Waals surface area contributed by atoms with Crippen LogP contribution < -0.4 is 0 Å². The monoisotopic (exact) mass is 276 g/mol. The lowest BCUT2D eigenvalue weighted by molar-refractivity contribution is 0.208. The largest absolute Gasteiger partial charge is 0.301 e. The molecule has 2 rings (SSSR count). The summed E-state index contributed by atoms with van der Waals surface area (Å²) < 4.78 is 0. The molecular weight excluding hydrogens is 244 g/mol. The molecule has 0 heterocycles. The summed E-state index contributed by atoms with van der Waals surface area (Å²) in [7, 11) is 0. The molecule has 2 aliphatic carbocycles. The van der Waals surface area contributed by atoms with Gasteiger partial charge in [-0.25, -0.2) is 0 Å². The second-order valence-corrected chi connectivity index (χ2v) is 7.37. The molecule has 2 fully saturated rings. The first kappa shape index (κ1) is 15.8. The summed E-state index contributed by atoms with van der Waals surface area (Å²) in [6.45, 7) is 9.54. The van der Waals surface area contributed by atoms with E-state index in [0.717, 1.165) is 36.5 Å². The first-order valence-corrected chi connectivity index (χ1v) is 8.76. The van der Waals surface area contributed by atoms with Crippen LogP contribution in [-0.4, -0.2) is 24.0 Å². The predicted octanol–water partition coefficient (Wildman–Crippen LogP) is 4.46. The Kier molecular flexibility index (Phi) is 5.90. The molecule has 0 saturated heterocycles. The normalized spacial score (nSPS) is 31.6. The number of nitrogens with zero attached hydrogens (tertiary/aromatic N) is 2. The van der Waals surface area contributed by atoms with Crippen LogP contribution in [0.25, 0.3) is 0 Å². The van der Waals surface area contributed by atoms with Gasteiger partial charge in [-0.1, -0.05) is 6.92 Å². The molecule has 2 saturated carbocycles. The summed E-state index contributed by atoms with van der Waals surface area (Å²) in [6.07, 6.45) is 8.98. The molecule has 2 nitrogen and oxygen atoms in total. The molecular formula is C18H32N2. The molecule has 1 unspecified atom stereocenters. The Bertz CT molecular complexity index is 331. The summed E-state index contributed by atoms with van der Waals surface area (Å²) in [6, 6.07) is 2.99. The maximum atomic E-state index is 8.61. The van der Waals surface area contributed by atoms with Gasteiger partial charge < -0.3 is 4.90 Å². The topological polar surface area (TPSA) is 27.0 Å². The van der Waals surface area contributed by atoms with E-state index in [1.54, 1.807) is 0 Å². The van der Waals surface area contributed by atoms with Crippen LogP contribution in [-0.2, 0) is 0 Å². The summed E-state index contributed by atoms with van der Waals surface area (Å²) in [5.41, 5.74) is 0. The van der Waals surface area contributed by atoms with Crippen molar-refractivity contribution < 1.29 is 0 Å². The molecule has 0 spiro atoms. The first-order valence-electron chi connectivity index (χ1n) is 8.76. The molecule has 0 bridgehead atoms. The SMILES string of the molecule is CCCN(C[C@@H]1C[C@@H]1CC[C@@H]1CC1CCC#N)C(C)C. The van der Waals surface area contributed by atoms with Crippen LogP contribution in [0.4, 0.5) is 0 Å². The number of rotatable bonds is 10. The molecule has 114 valence electrons. The van der Waals surface area contributed by atoms with Gasteiger partial charge >= 0.3 is 0 Å². The third kappa shape index (κ3) is 4.77. The third-order valence-electron chi connectivity index (χ3n) is 5.38. The van der Waals surface area contributed by atoms with Crippen LogP contribution in [0.1, 0.15) is 65.7 Å². The van der Waals surface area contributed by atoms with Crippen LogP contribution >= 0.6 is 0 Å². The van der Waals surface area contributed by atoms with Gasteiger partial charge in [0.1, 0.15) is 0 Å². The zero-order chi connectivity index (χ0) is 14.5. The van der Waals surface area contributed by atoms with Crippen molar-refractivity contribution in [2.75, 3.05) is 13.1 Å². The van der Waals surface area contributed by atoms with Crippen LogP contribution in [0, 0.1) is 35.0 Å². The van der Waals surface area contributed by atoms with Gasteiger partial charge in [0.25, 0.3) is 0 Å². The highest BCUT2D eigenvalue weighted by Crippen LogP contribution is 2.50. The minimum atomic E-state index is 0.704. The van der Waals surface area contributed by atoms with E-state index in [4.69, 9.17) is 5.26 Å². The number of hydrogen-bond donors (Lipinski definition) is 0. The van der Waals surface area contributed by atoms with Crippen molar-refractivity contribution in [3.63, 3.8) is 0 Å². The first-order chi connectivity index (χ1) is 9.65. The van der Waals surface area contributed by atoms with Crippen molar-refractivity contribution >= 4 is 0 Å². The van der Waals surface area contributed by atoms with E-state index in [2.05, 4.69) is 31.7 Å². The lowest BCUT2D eigenvalue weighted by Crippen LogP contribution is -2.33. The van der Waals surface area contributed by atoms with Gasteiger partial charge in [0.15, 0.2) is 0 Å². The van der Waals surface area contributed by atoms with Crippen molar-refractivity contribution in [1.82, 2.24) is 4.90 Å². The zero-order valence-electron chi connectivity index (χ0n) is 13.6. The molecule has 0 aromatic carbocycles. The lowest BCUT2D eigenvalue weighted by atomic mass is 10.1. The van der Waals surface area contributed by atoms with E-state index >= 15 is 0 Å². The molecule has 0 amide bonds. The quantitative estimate of drug-likeness (QED) is 0.589. The Morgan fingerprint density at radius 3 is 2.25 bits per heavy atom. The Labute approximate surface area is 125 Å². The van der Waals surface area contributed by atoms with Gasteiger partial charge in [0.05, 0.1) is 6.07 Å². The van der Waals surface area contributed by atoms with Crippen molar-refractivity contribution in [2.24, 2.45) is 23.7 Å². The van der Waals surface area contributed by atoms with Gasteiger partial charge in [-0.2, -0.15) is 5.26 Å². The smallest absolute Gasteiger partial charge is 0.0621 e. The minimum Gasteiger partial charge on any atom is -0.301 e. The fourth-order valence-electron chi connectivity index (χ4n) is 3.73. The summed E-state index contributed by atoms with van der Waals surface area (Å²) in [4.78, 5) is 2.66. The lowest BCUT2D eigenvalue weighted by Gasteiger charge is -2.26. The highest BCUT2D eigenvalue weighted by atomic mass is 15.1. The molecule has 2 aliphatic rings. The number of hydrogen-bond acceptors (Lipinski definition) is 2. The molecule has 0 N–H and O–H groups in total. The van der Waals surface area contributed by atoms with Gasteiger partial charge in [0.2, 0.25) is 0 Å². The second-order valence-electron chi connectivity index (χ2n) is 7.37. The van der Waals surface area contributed by atoms with E-state index in [0.29, 0.717) is 6.04 Å². The third-order valence-corrected chi connectivity index (χ3v) is 5.38. The Balaban J connectivity index is 1.56. The highest BCUT2D eigenvalue weighted by molar-refractivity contribution is 4.93. The van der Waals surface area contributed by atoms with E-state index in [9.17, 15) is 0 Å². The fourth-order valence-corrected chi connectivity index (χ4v) is 3.73. The van der Waals surface area contributed by atoms with E-state index in [-0.39, 0.29) is 0 Å². The molecule has 0 aliphatic heterocycles. The maximum absolute atomic E-state index is 8.61. The van der Waals surface area contributed by atoms with E-state index < -0.39 is 0 Å². The van der Waals surface area contributed by atoms with Gasteiger partial charge in [-0.15, -0.1) is 0 Å². The van der Waals surface area contributed by atoms with Gasteiger partial charge in [-0.05, 0) is 82.6 Å². The van der Waals surface area contributed by atoms with Crippen LogP contribution in [0.5, 0.6) is 0 Å². The van der Waals surface area contributed by atoms with Crippen molar-refractivity contribution in [2.45, 2.75) is 71.8 Å². The van der Waals surface area contributed by atoms with E-state index in [1.165, 1.54) is 45.2 Å². The Morgan fingerprint density at radius 2 is 1.65 bits per heavy atom. The van der Waals surface area contributed by atoms with Crippen molar-refractivity contribution in [1.29, 1.82) is 5.26 Å². The Morgan fingerprint density at radius 1 is 1.05 bits per heavy atom. The van der Waals surface area contributed by atoms with Crippen molar-refractivity contribution in [3.8, 4) is 6.07 Å². The number of nitriles is 1. The fraction of sp³-hybridized carbons (Fsp3) is 0.944. The second kappa shape index (κ2) is 7.46. The average molecular weight is 276 g/mol. The van der Waals surface area contributed by atoms with E-state index in [1.807, 2.05) is 0 Å². The minimum absolute atomic E-state index is 0.704. The Hall–Kier alpha value is -0.550. The summed E-state index contributed by atoms with van der Waals surface area (Å²) >= 11 is 0. The maximum Gasteiger partial charge on any atom is 0.0621 e. The van der Waals surface area contributed by atoms with Gasteiger partial charge in [-0.3, -0.25) is 0 Å². The molecule has 2 heteroatoms. The molecule has 0 radical (unpaired) electrons. The van der Waals surface area contributed by atoms with Crippen LogP contribution in [0.15, 0.2) is 0 Å². The summed E-state index contributed by atoms with van der Waals surface area (Å²) in [5, 5.41) is 8.61. The average Bonchev–Trinajstić information content (AvgIpc) is 3.30. The highest BCUT2D eigenvalue weighted by Gasteiger charge is 2.41. The molecule has 4 atom stereocenters. The van der Waals surface area contributed by atoms with Crippen LogP contribution in [0.3, 0.4) is 0 Å². The standard InChI is InChI=1S/C18H32N2/c1-4-10-20(14(2)3)13-18-12-17(18)8-7-16-11-15(16)6-5-9-19/h14-18H,4-8,10-13H2,1-3H3/t15?,16-,17+,18+/m1/s1. The van der Waals surface area contributed by atoms with Crippen molar-refractivity contribution in [3.05, 3.63) is 0 Å². The molecule has 0 aromatic rings. The molecule has 0 aromatic heterocycles. The van der Waals surface area contributed by atoms with Gasteiger partial charge in [0, 0.05) is 19.0 Å². The molecule has 20 heavy (non-hydrogen) atoms. The zero-order valence-corrected chi connectivity index (χ0v) is 13.6. The summed E-state index contributed by atoms with van der Waals surface area (Å²) in [5.74, 6) is 3.88.